The van der Waals surface area contributed by atoms with E-state index in [-0.39, 0.29) is 12.5 Å². The number of nitrogens with zero attached hydrogens (tertiary/aromatic N) is 1. The van der Waals surface area contributed by atoms with Crippen LogP contribution in [0.4, 0.5) is 0 Å². The van der Waals surface area contributed by atoms with Crippen LogP contribution >= 0.6 is 0 Å². The minimum Gasteiger partial charge on any atom is -0.496 e. The molecule has 1 aromatic rings. The van der Waals surface area contributed by atoms with Crippen LogP contribution in [0.5, 0.6) is 5.75 Å². The number of amides is 1. The van der Waals surface area contributed by atoms with E-state index in [0.717, 1.165) is 5.56 Å². The Labute approximate surface area is 112 Å². The molecule has 0 aromatic heterocycles. The number of ether oxygens (including phenoxy) is 1. The first kappa shape index (κ1) is 15.0. The number of rotatable bonds is 5. The lowest BCUT2D eigenvalue weighted by atomic mass is 10.1. The Morgan fingerprint density at radius 2 is 2.05 bits per heavy atom. The van der Waals surface area contributed by atoms with Crippen LogP contribution in [0.2, 0.25) is 0 Å². The van der Waals surface area contributed by atoms with Gasteiger partial charge in [0.25, 0.3) is 5.91 Å². The summed E-state index contributed by atoms with van der Waals surface area (Å²) < 4.78 is 5.19. The minimum absolute atomic E-state index is 0.158. The number of carbonyl (C=O) groups is 2. The van der Waals surface area contributed by atoms with E-state index in [2.05, 4.69) is 0 Å². The lowest BCUT2D eigenvalue weighted by Gasteiger charge is -2.20. The third-order valence-electron chi connectivity index (χ3n) is 2.90. The molecule has 1 rings (SSSR count). The molecule has 5 nitrogen and oxygen atoms in total. The van der Waals surface area contributed by atoms with Crippen LogP contribution < -0.4 is 4.74 Å². The molecular formula is C14H19NO4. The van der Waals surface area contributed by atoms with E-state index in [1.54, 1.807) is 26.1 Å². The fraction of sp³-hybridized carbons (Fsp3) is 0.429. The van der Waals surface area contributed by atoms with Crippen LogP contribution in [0.1, 0.15) is 22.8 Å². The molecule has 0 saturated carbocycles. The molecule has 1 amide bonds. The second-order valence-electron chi connectivity index (χ2n) is 4.63. The van der Waals surface area contributed by atoms with Gasteiger partial charge in [-0.2, -0.15) is 0 Å². The third-order valence-corrected chi connectivity index (χ3v) is 2.90. The highest BCUT2D eigenvalue weighted by Gasteiger charge is 2.20. The molecule has 0 radical (unpaired) electrons. The highest BCUT2D eigenvalue weighted by Crippen LogP contribution is 2.21. The van der Waals surface area contributed by atoms with E-state index in [9.17, 15) is 9.59 Å². The molecule has 0 saturated heterocycles. The Balaban J connectivity index is 2.91. The topological polar surface area (TPSA) is 66.8 Å². The second-order valence-corrected chi connectivity index (χ2v) is 4.63. The monoisotopic (exact) mass is 265 g/mol. The van der Waals surface area contributed by atoms with Gasteiger partial charge in [0.15, 0.2) is 0 Å². The molecule has 0 aliphatic rings. The maximum atomic E-state index is 12.2. The highest BCUT2D eigenvalue weighted by atomic mass is 16.5. The molecule has 0 aliphatic carbocycles. The van der Waals surface area contributed by atoms with E-state index >= 15 is 0 Å². The summed E-state index contributed by atoms with van der Waals surface area (Å²) in [7, 11) is 3.09. The van der Waals surface area contributed by atoms with Crippen LogP contribution in [0.15, 0.2) is 18.2 Å². The van der Waals surface area contributed by atoms with Crippen molar-refractivity contribution in [3.63, 3.8) is 0 Å². The van der Waals surface area contributed by atoms with Gasteiger partial charge < -0.3 is 14.7 Å². The number of carboxylic acid groups (broad SMARTS) is 1. The number of aryl methyl sites for hydroxylation is 1. The van der Waals surface area contributed by atoms with E-state index in [0.29, 0.717) is 11.3 Å². The standard InChI is InChI=1S/C14H19NO4/c1-9-5-6-11(12(7-9)19-4)13(16)15(3)8-10(2)14(17)18/h5-7,10H,8H2,1-4H3,(H,17,18). The summed E-state index contributed by atoms with van der Waals surface area (Å²) in [5, 5.41) is 8.86. The van der Waals surface area contributed by atoms with Gasteiger partial charge in [-0.05, 0) is 24.6 Å². The van der Waals surface area contributed by atoms with E-state index < -0.39 is 11.9 Å². The minimum atomic E-state index is -0.921. The average molecular weight is 265 g/mol. The number of methoxy groups -OCH3 is 1. The van der Waals surface area contributed by atoms with Crippen molar-refractivity contribution in [1.82, 2.24) is 4.90 Å². The summed E-state index contributed by atoms with van der Waals surface area (Å²) in [5.41, 5.74) is 1.43. The zero-order chi connectivity index (χ0) is 14.6. The van der Waals surface area contributed by atoms with Crippen LogP contribution in [0, 0.1) is 12.8 Å². The third kappa shape index (κ3) is 3.71. The van der Waals surface area contributed by atoms with Gasteiger partial charge in [0, 0.05) is 13.6 Å². The van der Waals surface area contributed by atoms with Gasteiger partial charge in [0.1, 0.15) is 5.75 Å². The lowest BCUT2D eigenvalue weighted by molar-refractivity contribution is -0.141. The molecule has 1 N–H and O–H groups in total. The number of aliphatic carboxylic acids is 1. The Morgan fingerprint density at radius 3 is 2.58 bits per heavy atom. The Morgan fingerprint density at radius 1 is 1.42 bits per heavy atom. The predicted molar refractivity (Wildman–Crippen MR) is 71.5 cm³/mol. The van der Waals surface area contributed by atoms with Gasteiger partial charge in [-0.25, -0.2) is 0 Å². The van der Waals surface area contributed by atoms with Crippen molar-refractivity contribution >= 4 is 11.9 Å². The molecule has 0 spiro atoms. The molecule has 0 fully saturated rings. The van der Waals surface area contributed by atoms with E-state index in [4.69, 9.17) is 9.84 Å². The highest BCUT2D eigenvalue weighted by molar-refractivity contribution is 5.97. The van der Waals surface area contributed by atoms with Crippen LogP contribution in [-0.2, 0) is 4.79 Å². The number of carbonyl (C=O) groups excluding carboxylic acids is 1. The Kier molecular flexibility index (Phi) is 4.92. The summed E-state index contributed by atoms with van der Waals surface area (Å²) in [4.78, 5) is 24.4. The maximum absolute atomic E-state index is 12.2. The molecule has 1 atom stereocenters. The smallest absolute Gasteiger partial charge is 0.308 e. The van der Waals surface area contributed by atoms with Crippen LogP contribution in [-0.4, -0.2) is 42.6 Å². The summed E-state index contributed by atoms with van der Waals surface area (Å²) in [6.07, 6.45) is 0. The van der Waals surface area contributed by atoms with E-state index in [1.807, 2.05) is 13.0 Å². The number of hydrogen-bond donors (Lipinski definition) is 1. The van der Waals surface area contributed by atoms with Gasteiger partial charge in [0.05, 0.1) is 18.6 Å². The van der Waals surface area contributed by atoms with Crippen molar-refractivity contribution in [3.8, 4) is 5.75 Å². The maximum Gasteiger partial charge on any atom is 0.308 e. The van der Waals surface area contributed by atoms with Gasteiger partial charge in [-0.3, -0.25) is 9.59 Å². The Hall–Kier alpha value is -2.04. The zero-order valence-electron chi connectivity index (χ0n) is 11.6. The summed E-state index contributed by atoms with van der Waals surface area (Å²) >= 11 is 0. The van der Waals surface area contributed by atoms with Crippen molar-refractivity contribution in [2.45, 2.75) is 13.8 Å². The summed E-state index contributed by atoms with van der Waals surface area (Å²) in [6, 6.07) is 5.30. The molecule has 0 bridgehead atoms. The molecule has 5 heteroatoms. The lowest BCUT2D eigenvalue weighted by Crippen LogP contribution is -2.33. The molecule has 0 aliphatic heterocycles. The fourth-order valence-corrected chi connectivity index (χ4v) is 1.75. The normalized spacial score (nSPS) is 11.8. The van der Waals surface area contributed by atoms with Gasteiger partial charge in [-0.1, -0.05) is 13.0 Å². The molecule has 104 valence electrons. The first-order chi connectivity index (χ1) is 8.86. The van der Waals surface area contributed by atoms with Crippen LogP contribution in [0.3, 0.4) is 0 Å². The van der Waals surface area contributed by atoms with Crippen molar-refractivity contribution in [3.05, 3.63) is 29.3 Å². The van der Waals surface area contributed by atoms with Gasteiger partial charge >= 0.3 is 5.97 Å². The predicted octanol–water partition coefficient (Wildman–Crippen LogP) is 1.80. The summed E-state index contributed by atoms with van der Waals surface area (Å²) in [6.45, 7) is 3.64. The van der Waals surface area contributed by atoms with Gasteiger partial charge in [-0.15, -0.1) is 0 Å². The van der Waals surface area contributed by atoms with E-state index in [1.165, 1.54) is 12.0 Å². The molecular weight excluding hydrogens is 246 g/mol. The largest absolute Gasteiger partial charge is 0.496 e. The molecule has 0 heterocycles. The number of hydrogen-bond acceptors (Lipinski definition) is 3. The molecule has 1 aromatic carbocycles. The van der Waals surface area contributed by atoms with Crippen LogP contribution in [0.25, 0.3) is 0 Å². The van der Waals surface area contributed by atoms with Crippen molar-refractivity contribution < 1.29 is 19.4 Å². The molecule has 1 unspecified atom stereocenters. The second kappa shape index (κ2) is 6.22. The van der Waals surface area contributed by atoms with Crippen molar-refractivity contribution in [2.75, 3.05) is 20.7 Å². The van der Waals surface area contributed by atoms with Gasteiger partial charge in [0.2, 0.25) is 0 Å². The first-order valence-electron chi connectivity index (χ1n) is 5.99. The average Bonchev–Trinajstić information content (AvgIpc) is 2.37. The Bertz CT molecular complexity index is 484. The van der Waals surface area contributed by atoms with Crippen molar-refractivity contribution in [2.24, 2.45) is 5.92 Å². The summed E-state index contributed by atoms with van der Waals surface area (Å²) in [5.74, 6) is -1.27. The number of carboxylic acids is 1. The van der Waals surface area contributed by atoms with Crippen molar-refractivity contribution in [1.29, 1.82) is 0 Å². The number of benzene rings is 1. The fourth-order valence-electron chi connectivity index (χ4n) is 1.75. The SMILES string of the molecule is COc1cc(C)ccc1C(=O)N(C)CC(C)C(=O)O. The quantitative estimate of drug-likeness (QED) is 0.881. The molecule has 19 heavy (non-hydrogen) atoms. The zero-order valence-corrected chi connectivity index (χ0v) is 11.6. The first-order valence-corrected chi connectivity index (χ1v) is 5.99.